The number of benzene rings is 1. The fraction of sp³-hybridized carbons (Fsp3) is 0.412. The van der Waals surface area contributed by atoms with Gasteiger partial charge in [-0.2, -0.15) is 5.10 Å². The Morgan fingerprint density at radius 1 is 1.37 bits per heavy atom. The summed E-state index contributed by atoms with van der Waals surface area (Å²) in [5, 5.41) is 15.7. The van der Waals surface area contributed by atoms with Gasteiger partial charge in [-0.25, -0.2) is 26.4 Å². The number of aromatic nitrogens is 2. The first-order chi connectivity index (χ1) is 14.0. The molecule has 0 fully saturated rings. The molecule has 0 aliphatic carbocycles. The molecule has 3 rings (SSSR count). The molecule has 0 unspecified atom stereocenters. The molecule has 0 bridgehead atoms. The lowest BCUT2D eigenvalue weighted by atomic mass is 10.2. The highest BCUT2D eigenvalue weighted by Crippen LogP contribution is 2.29. The van der Waals surface area contributed by atoms with Gasteiger partial charge in [0.15, 0.2) is 17.5 Å². The van der Waals surface area contributed by atoms with Gasteiger partial charge in [0.25, 0.3) is 0 Å². The van der Waals surface area contributed by atoms with Crippen molar-refractivity contribution in [3.63, 3.8) is 0 Å². The quantitative estimate of drug-likeness (QED) is 0.677. The third kappa shape index (κ3) is 4.21. The number of aliphatic hydroxyl groups is 1. The fourth-order valence-corrected chi connectivity index (χ4v) is 4.17. The molecule has 0 saturated heterocycles. The van der Waals surface area contributed by atoms with Crippen molar-refractivity contribution in [1.82, 2.24) is 14.7 Å². The van der Waals surface area contributed by atoms with Crippen molar-refractivity contribution < 1.29 is 32.9 Å². The molecule has 13 heteroatoms. The Morgan fingerprint density at radius 2 is 2.00 bits per heavy atom. The van der Waals surface area contributed by atoms with Gasteiger partial charge in [0.05, 0.1) is 56.1 Å². The Morgan fingerprint density at radius 3 is 2.57 bits per heavy atom. The molecular formula is C17H22F3N5O4S. The van der Waals surface area contributed by atoms with E-state index in [1.807, 2.05) is 0 Å². The molecule has 1 atom stereocenters. The van der Waals surface area contributed by atoms with Crippen molar-refractivity contribution in [2.75, 3.05) is 29.0 Å². The Kier molecular flexibility index (Phi) is 5.94. The van der Waals surface area contributed by atoms with Crippen molar-refractivity contribution in [3.8, 4) is 0 Å². The molecule has 30 heavy (non-hydrogen) atoms. The molecule has 1 aliphatic heterocycles. The number of rotatable bonds is 5. The molecule has 0 saturated carbocycles. The number of anilines is 2. The van der Waals surface area contributed by atoms with Crippen LogP contribution in [0.1, 0.15) is 14.0 Å². The number of urea groups is 1. The topological polar surface area (TPSA) is 108 Å². The predicted molar refractivity (Wildman–Crippen MR) is 104 cm³/mol. The summed E-state index contributed by atoms with van der Waals surface area (Å²) < 4.78 is 66.7. The van der Waals surface area contributed by atoms with Crippen molar-refractivity contribution in [2.24, 2.45) is 0 Å². The molecule has 1 aliphatic rings. The smallest absolute Gasteiger partial charge is 0.322 e. The molecule has 9 nitrogen and oxygen atoms in total. The van der Waals surface area contributed by atoms with Gasteiger partial charge in [0.1, 0.15) is 0 Å². The molecule has 0 spiro atoms. The number of halogens is 3. The number of nitrogens with zero attached hydrogens (tertiary/aromatic N) is 4. The van der Waals surface area contributed by atoms with E-state index < -0.39 is 40.1 Å². The van der Waals surface area contributed by atoms with Gasteiger partial charge >= 0.3 is 6.03 Å². The summed E-state index contributed by atoms with van der Waals surface area (Å²) in [6.07, 6.45) is 2.32. The number of sulfonamides is 1. The van der Waals surface area contributed by atoms with Crippen molar-refractivity contribution >= 4 is 27.4 Å². The normalized spacial score (nSPS) is 16.3. The zero-order valence-corrected chi connectivity index (χ0v) is 17.0. The maximum absolute atomic E-state index is 13.4. The van der Waals surface area contributed by atoms with Gasteiger partial charge in [0.2, 0.25) is 10.0 Å². The summed E-state index contributed by atoms with van der Waals surface area (Å²) in [5.74, 6) is -4.52. The lowest BCUT2D eigenvalue weighted by Gasteiger charge is -2.35. The second-order valence-electron chi connectivity index (χ2n) is 6.88. The number of hydrogen-bond donors (Lipinski definition) is 2. The van der Waals surface area contributed by atoms with Gasteiger partial charge in [0, 0.05) is 19.2 Å². The van der Waals surface area contributed by atoms with E-state index in [0.29, 0.717) is 17.8 Å². The average Bonchev–Trinajstić information content (AvgIpc) is 3.04. The minimum Gasteiger partial charge on any atom is -0.394 e. The van der Waals surface area contributed by atoms with Crippen LogP contribution in [-0.2, 0) is 23.1 Å². The summed E-state index contributed by atoms with van der Waals surface area (Å²) >= 11 is 0. The van der Waals surface area contributed by atoms with Gasteiger partial charge in [-0.15, -0.1) is 0 Å². The van der Waals surface area contributed by atoms with Crippen LogP contribution in [0.25, 0.3) is 0 Å². The van der Waals surface area contributed by atoms with E-state index in [0.717, 1.165) is 10.6 Å². The Bertz CT molecular complexity index is 1060. The maximum atomic E-state index is 13.4. The molecule has 2 aromatic rings. The lowest BCUT2D eigenvalue weighted by molar-refractivity contribution is 0.161. The molecule has 2 heterocycles. The van der Waals surface area contributed by atoms with E-state index in [-0.39, 0.29) is 38.5 Å². The second-order valence-corrected chi connectivity index (χ2v) is 8.79. The lowest BCUT2D eigenvalue weighted by Crippen LogP contribution is -2.47. The molecule has 0 radical (unpaired) electrons. The number of nitrogens with one attached hydrogen (secondary N) is 1. The molecule has 2 N–H and O–H groups in total. The number of hydrogen-bond acceptors (Lipinski definition) is 5. The van der Waals surface area contributed by atoms with E-state index in [2.05, 4.69) is 10.4 Å². The average molecular weight is 449 g/mol. The van der Waals surface area contributed by atoms with Crippen LogP contribution in [0.3, 0.4) is 0 Å². The van der Waals surface area contributed by atoms with E-state index in [1.165, 1.54) is 11.1 Å². The summed E-state index contributed by atoms with van der Waals surface area (Å²) in [6, 6.07) is 0.227. The van der Waals surface area contributed by atoms with Crippen LogP contribution >= 0.6 is 0 Å². The third-order valence-corrected chi connectivity index (χ3v) is 5.86. The Balaban J connectivity index is 0.00000341. The van der Waals surface area contributed by atoms with Gasteiger partial charge in [-0.3, -0.25) is 8.99 Å². The second kappa shape index (κ2) is 8.14. The van der Waals surface area contributed by atoms with Crippen LogP contribution in [0, 0.1) is 17.5 Å². The van der Waals surface area contributed by atoms with Gasteiger partial charge in [-0.1, -0.05) is 0 Å². The van der Waals surface area contributed by atoms with E-state index in [9.17, 15) is 31.5 Å². The number of carbonyl (C=O) groups is 1. The number of fused-ring (bicyclic) bond motifs is 1. The summed E-state index contributed by atoms with van der Waals surface area (Å²) in [6.45, 7) is 1.31. The van der Waals surface area contributed by atoms with Crippen LogP contribution in [0.5, 0.6) is 0 Å². The van der Waals surface area contributed by atoms with E-state index in [4.69, 9.17) is 0 Å². The van der Waals surface area contributed by atoms with Crippen LogP contribution in [-0.4, -0.2) is 59.7 Å². The molecule has 166 valence electrons. The zero-order valence-electron chi connectivity index (χ0n) is 16.1. The SMILES string of the molecule is C[C@H]1Cn2ncc(N(CCO)S(C)(=O)=O)c2CN1C(=O)Nc1cc(F)c(F)c(F)c1.[HH]. The summed E-state index contributed by atoms with van der Waals surface area (Å²) in [7, 11) is -3.71. The first-order valence-corrected chi connectivity index (χ1v) is 10.7. The first-order valence-electron chi connectivity index (χ1n) is 8.88. The largest absolute Gasteiger partial charge is 0.394 e. The Labute approximate surface area is 172 Å². The molecule has 1 aromatic carbocycles. The minimum atomic E-state index is -3.71. The van der Waals surface area contributed by atoms with Crippen molar-refractivity contribution in [3.05, 3.63) is 41.5 Å². The fourth-order valence-electron chi connectivity index (χ4n) is 3.25. The summed E-state index contributed by atoms with van der Waals surface area (Å²) in [5.41, 5.74) is 0.370. The standard InChI is InChI=1S/C17H20F3N5O4S.H2/c1-10-8-24-15(14(7-21-24)25(3-4-26)30(2,28)29)9-23(10)17(27)22-11-5-12(18)16(20)13(19)6-11;/h5-7,10,26H,3-4,8-9H2,1-2H3,(H,22,27);1H/t10-;/m0./s1. The van der Waals surface area contributed by atoms with Crippen molar-refractivity contribution in [2.45, 2.75) is 26.1 Å². The summed E-state index contributed by atoms with van der Waals surface area (Å²) in [4.78, 5) is 14.0. The van der Waals surface area contributed by atoms with Crippen LogP contribution < -0.4 is 9.62 Å². The van der Waals surface area contributed by atoms with Crippen molar-refractivity contribution in [1.29, 1.82) is 0 Å². The van der Waals surface area contributed by atoms with Crippen LogP contribution in [0.2, 0.25) is 0 Å². The number of carbonyl (C=O) groups excluding carboxylic acids is 1. The number of amides is 2. The molecular weight excluding hydrogens is 427 g/mol. The minimum absolute atomic E-state index is 0. The predicted octanol–water partition coefficient (Wildman–Crippen LogP) is 1.74. The van der Waals surface area contributed by atoms with E-state index >= 15 is 0 Å². The molecule has 1 aromatic heterocycles. The maximum Gasteiger partial charge on any atom is 0.322 e. The van der Waals surface area contributed by atoms with Gasteiger partial charge < -0.3 is 15.3 Å². The van der Waals surface area contributed by atoms with Crippen LogP contribution in [0.4, 0.5) is 29.3 Å². The zero-order chi connectivity index (χ0) is 22.2. The monoisotopic (exact) mass is 449 g/mol. The van der Waals surface area contributed by atoms with E-state index in [1.54, 1.807) is 11.6 Å². The van der Waals surface area contributed by atoms with Gasteiger partial charge in [-0.05, 0) is 6.92 Å². The Hall–Kier alpha value is -2.80. The third-order valence-electron chi connectivity index (χ3n) is 4.68. The molecule has 2 amide bonds. The number of aliphatic hydroxyl groups excluding tert-OH is 1. The first kappa shape index (κ1) is 21.9. The van der Waals surface area contributed by atoms with Crippen LogP contribution in [0.15, 0.2) is 18.3 Å². The highest BCUT2D eigenvalue weighted by atomic mass is 32.2. The highest BCUT2D eigenvalue weighted by Gasteiger charge is 2.32. The highest BCUT2D eigenvalue weighted by molar-refractivity contribution is 7.92.